The van der Waals surface area contributed by atoms with Gasteiger partial charge in [0.25, 0.3) is 0 Å². The number of amides is 1. The topological polar surface area (TPSA) is 97.1 Å². The molecule has 0 radical (unpaired) electrons. The molecule has 1 amide bonds. The van der Waals surface area contributed by atoms with Gasteiger partial charge >= 0.3 is 5.97 Å². The van der Waals surface area contributed by atoms with Gasteiger partial charge in [-0.25, -0.2) is 0 Å². The monoisotopic (exact) mass is 320 g/mol. The minimum atomic E-state index is -0.884. The number of fused-ring (bicyclic) bond motifs is 1. The minimum absolute atomic E-state index is 0.148. The van der Waals surface area contributed by atoms with Crippen LogP contribution in [0.2, 0.25) is 0 Å². The number of carboxylic acids is 1. The average Bonchev–Trinajstić information content (AvgIpc) is 2.89. The highest BCUT2D eigenvalue weighted by Crippen LogP contribution is 2.58. The number of hydrogen-bond donors (Lipinski definition) is 2. The zero-order chi connectivity index (χ0) is 16.6. The standard InChI is InChI=1S/C16H24N4O3/c1-16(2)12(13(16)15(22)23)14(21)17-8-5-7-11-19-18-10-6-3-4-9-20(10)11/h12-13H,3-9H2,1-2H3,(H,17,21)(H,22,23)/t12-,13+/m1/s1. The molecule has 0 saturated heterocycles. The van der Waals surface area contributed by atoms with Gasteiger partial charge in [-0.05, 0) is 24.7 Å². The average molecular weight is 320 g/mol. The Labute approximate surface area is 135 Å². The quantitative estimate of drug-likeness (QED) is 0.763. The Morgan fingerprint density at radius 3 is 2.78 bits per heavy atom. The number of hydrogen-bond acceptors (Lipinski definition) is 4. The molecule has 1 saturated carbocycles. The van der Waals surface area contributed by atoms with Gasteiger partial charge in [0.05, 0.1) is 11.8 Å². The van der Waals surface area contributed by atoms with Crippen LogP contribution in [0.5, 0.6) is 0 Å². The molecule has 0 bridgehead atoms. The third kappa shape index (κ3) is 2.96. The van der Waals surface area contributed by atoms with Gasteiger partial charge in [-0.2, -0.15) is 0 Å². The summed E-state index contributed by atoms with van der Waals surface area (Å²) < 4.78 is 2.19. The molecule has 1 aromatic heterocycles. The lowest BCUT2D eigenvalue weighted by atomic mass is 10.1. The van der Waals surface area contributed by atoms with Crippen LogP contribution >= 0.6 is 0 Å². The van der Waals surface area contributed by atoms with Crippen LogP contribution in [0.15, 0.2) is 0 Å². The van der Waals surface area contributed by atoms with E-state index in [9.17, 15) is 9.59 Å². The smallest absolute Gasteiger partial charge is 0.307 e. The normalized spacial score (nSPS) is 24.8. The van der Waals surface area contributed by atoms with Crippen LogP contribution in [0.4, 0.5) is 0 Å². The van der Waals surface area contributed by atoms with E-state index in [2.05, 4.69) is 20.1 Å². The fourth-order valence-corrected chi connectivity index (χ4v) is 3.71. The molecular weight excluding hydrogens is 296 g/mol. The molecule has 0 spiro atoms. The van der Waals surface area contributed by atoms with Crippen molar-refractivity contribution in [1.29, 1.82) is 0 Å². The minimum Gasteiger partial charge on any atom is -0.481 e. The molecule has 0 aromatic carbocycles. The van der Waals surface area contributed by atoms with Crippen molar-refractivity contribution >= 4 is 11.9 Å². The Kier molecular flexibility index (Phi) is 4.12. The molecule has 0 unspecified atom stereocenters. The van der Waals surface area contributed by atoms with Crippen molar-refractivity contribution < 1.29 is 14.7 Å². The van der Waals surface area contributed by atoms with Gasteiger partial charge in [-0.1, -0.05) is 13.8 Å². The lowest BCUT2D eigenvalue weighted by molar-refractivity contribution is -0.140. The Balaban J connectivity index is 1.45. The van der Waals surface area contributed by atoms with Crippen molar-refractivity contribution in [2.45, 2.75) is 52.5 Å². The first-order valence-corrected chi connectivity index (χ1v) is 8.34. The van der Waals surface area contributed by atoms with Gasteiger partial charge in [0, 0.05) is 25.9 Å². The second-order valence-electron chi connectivity index (χ2n) is 7.15. The van der Waals surface area contributed by atoms with Crippen LogP contribution in [-0.4, -0.2) is 38.3 Å². The van der Waals surface area contributed by atoms with E-state index >= 15 is 0 Å². The fourth-order valence-electron chi connectivity index (χ4n) is 3.71. The first-order valence-electron chi connectivity index (χ1n) is 8.34. The molecule has 1 aliphatic heterocycles. The Bertz CT molecular complexity index is 623. The van der Waals surface area contributed by atoms with Crippen LogP contribution in [0.3, 0.4) is 0 Å². The molecule has 7 nitrogen and oxygen atoms in total. The van der Waals surface area contributed by atoms with E-state index in [0.29, 0.717) is 6.54 Å². The maximum Gasteiger partial charge on any atom is 0.307 e. The molecule has 1 aliphatic carbocycles. The molecule has 7 heteroatoms. The summed E-state index contributed by atoms with van der Waals surface area (Å²) >= 11 is 0. The second kappa shape index (κ2) is 5.94. The molecule has 126 valence electrons. The molecule has 3 rings (SSSR count). The summed E-state index contributed by atoms with van der Waals surface area (Å²) in [6.07, 6.45) is 4.91. The molecule has 23 heavy (non-hydrogen) atoms. The number of nitrogens with zero attached hydrogens (tertiary/aromatic N) is 3. The van der Waals surface area contributed by atoms with Crippen LogP contribution in [0.1, 0.15) is 44.8 Å². The van der Waals surface area contributed by atoms with E-state index < -0.39 is 23.2 Å². The van der Waals surface area contributed by atoms with Crippen molar-refractivity contribution in [2.24, 2.45) is 17.3 Å². The van der Waals surface area contributed by atoms with E-state index in [1.807, 2.05) is 13.8 Å². The van der Waals surface area contributed by atoms with Crippen molar-refractivity contribution in [3.05, 3.63) is 11.6 Å². The highest BCUT2D eigenvalue weighted by atomic mass is 16.4. The lowest BCUT2D eigenvalue weighted by Gasteiger charge is -2.14. The molecule has 1 aromatic rings. The SMILES string of the molecule is CC1(C)[C@H](C(=O)O)[C@@H]1C(=O)NCCCc1nnc2n1CCCC2. The van der Waals surface area contributed by atoms with Gasteiger partial charge in [0.2, 0.25) is 5.91 Å². The van der Waals surface area contributed by atoms with Crippen LogP contribution in [-0.2, 0) is 29.0 Å². The predicted molar refractivity (Wildman–Crippen MR) is 82.7 cm³/mol. The highest BCUT2D eigenvalue weighted by molar-refractivity contribution is 5.91. The molecule has 2 aliphatic rings. The summed E-state index contributed by atoms with van der Waals surface area (Å²) in [4.78, 5) is 23.2. The maximum absolute atomic E-state index is 12.1. The number of carbonyl (C=O) groups is 2. The predicted octanol–water partition coefficient (Wildman–Crippen LogP) is 1.02. The summed E-state index contributed by atoms with van der Waals surface area (Å²) in [5, 5.41) is 20.4. The summed E-state index contributed by atoms with van der Waals surface area (Å²) in [6, 6.07) is 0. The summed E-state index contributed by atoms with van der Waals surface area (Å²) in [7, 11) is 0. The van der Waals surface area contributed by atoms with Crippen LogP contribution in [0, 0.1) is 17.3 Å². The van der Waals surface area contributed by atoms with Crippen LogP contribution < -0.4 is 5.32 Å². The van der Waals surface area contributed by atoms with Gasteiger partial charge in [0.1, 0.15) is 11.6 Å². The number of aliphatic carboxylic acids is 1. The highest BCUT2D eigenvalue weighted by Gasteiger charge is 2.65. The first kappa shape index (κ1) is 16.0. The van der Waals surface area contributed by atoms with Crippen molar-refractivity contribution in [1.82, 2.24) is 20.1 Å². The Morgan fingerprint density at radius 2 is 2.09 bits per heavy atom. The zero-order valence-electron chi connectivity index (χ0n) is 13.7. The number of aromatic nitrogens is 3. The fraction of sp³-hybridized carbons (Fsp3) is 0.750. The van der Waals surface area contributed by atoms with Gasteiger partial charge < -0.3 is 15.0 Å². The summed E-state index contributed by atoms with van der Waals surface area (Å²) in [5.41, 5.74) is -0.442. The van der Waals surface area contributed by atoms with Crippen LogP contribution in [0.25, 0.3) is 0 Å². The summed E-state index contributed by atoms with van der Waals surface area (Å²) in [5.74, 6) is 0.0474. The van der Waals surface area contributed by atoms with Crippen molar-refractivity contribution in [3.8, 4) is 0 Å². The third-order valence-electron chi connectivity index (χ3n) is 5.19. The van der Waals surface area contributed by atoms with Gasteiger partial charge in [-0.3, -0.25) is 9.59 Å². The lowest BCUT2D eigenvalue weighted by Crippen LogP contribution is -2.28. The van der Waals surface area contributed by atoms with Crippen molar-refractivity contribution in [3.63, 3.8) is 0 Å². The number of rotatable bonds is 6. The van der Waals surface area contributed by atoms with E-state index in [0.717, 1.165) is 37.5 Å². The van der Waals surface area contributed by atoms with E-state index in [4.69, 9.17) is 5.11 Å². The number of carbonyl (C=O) groups excluding carboxylic acids is 1. The second-order valence-corrected chi connectivity index (χ2v) is 7.15. The molecule has 2 N–H and O–H groups in total. The summed E-state index contributed by atoms with van der Waals surface area (Å²) in [6.45, 7) is 5.19. The number of nitrogens with one attached hydrogen (secondary N) is 1. The molecule has 2 atom stereocenters. The molecule has 2 heterocycles. The zero-order valence-corrected chi connectivity index (χ0v) is 13.7. The third-order valence-corrected chi connectivity index (χ3v) is 5.19. The maximum atomic E-state index is 12.1. The number of carboxylic acid groups (broad SMARTS) is 1. The van der Waals surface area contributed by atoms with E-state index in [1.54, 1.807) is 0 Å². The number of aryl methyl sites for hydroxylation is 2. The van der Waals surface area contributed by atoms with Gasteiger partial charge in [0.15, 0.2) is 0 Å². The largest absolute Gasteiger partial charge is 0.481 e. The Morgan fingerprint density at radius 1 is 1.30 bits per heavy atom. The molecule has 1 fully saturated rings. The van der Waals surface area contributed by atoms with E-state index in [-0.39, 0.29) is 5.91 Å². The molecular formula is C16H24N4O3. The van der Waals surface area contributed by atoms with E-state index in [1.165, 1.54) is 12.8 Å². The Hall–Kier alpha value is -1.92. The first-order chi connectivity index (χ1) is 10.9. The van der Waals surface area contributed by atoms with Gasteiger partial charge in [-0.15, -0.1) is 10.2 Å². The van der Waals surface area contributed by atoms with Crippen molar-refractivity contribution in [2.75, 3.05) is 6.54 Å².